The Morgan fingerprint density at radius 3 is 2.09 bits per heavy atom. The molecule has 11 heavy (non-hydrogen) atoms. The van der Waals surface area contributed by atoms with Gasteiger partial charge in [-0.05, 0) is 36.5 Å². The fourth-order valence-corrected chi connectivity index (χ4v) is 1.52. The maximum atomic E-state index is 5.53. The van der Waals surface area contributed by atoms with Crippen molar-refractivity contribution in [2.75, 3.05) is 18.3 Å². The molecule has 0 aliphatic rings. The van der Waals surface area contributed by atoms with Crippen LogP contribution >= 0.6 is 11.8 Å². The normalized spacial score (nSPS) is 11.5. The van der Waals surface area contributed by atoms with E-state index in [4.69, 9.17) is 11.8 Å². The van der Waals surface area contributed by atoms with Gasteiger partial charge in [0.2, 0.25) is 0 Å². The third-order valence-corrected chi connectivity index (χ3v) is 2.92. The van der Waals surface area contributed by atoms with Crippen LogP contribution in [-0.2, 0) is 10.9 Å². The van der Waals surface area contributed by atoms with Crippen molar-refractivity contribution in [3.63, 3.8) is 0 Å². The van der Waals surface area contributed by atoms with Crippen LogP contribution in [-0.4, -0.2) is 23.8 Å². The van der Waals surface area contributed by atoms with Crippen molar-refractivity contribution in [2.24, 2.45) is 0 Å². The molecule has 0 atom stereocenters. The molecule has 1 nitrogen and oxygen atoms in total. The second kappa shape index (κ2) is 6.41. The minimum atomic E-state index is 0. The van der Waals surface area contributed by atoms with Crippen molar-refractivity contribution in [1.29, 1.82) is 0 Å². The molecule has 0 aromatic rings. The van der Waals surface area contributed by atoms with Crippen LogP contribution < -0.4 is 17.2 Å². The molecular weight excluding hydrogens is 201 g/mol. The Balaban J connectivity index is 0. The van der Waals surface area contributed by atoms with E-state index in [1.54, 1.807) is 0 Å². The lowest BCUT2D eigenvalue weighted by molar-refractivity contribution is -0.00000286. The summed E-state index contributed by atoms with van der Waals surface area (Å²) in [6, 6.07) is 0. The van der Waals surface area contributed by atoms with Crippen molar-refractivity contribution in [1.82, 2.24) is 4.84 Å². The Morgan fingerprint density at radius 1 is 1.36 bits per heavy atom. The van der Waals surface area contributed by atoms with Crippen LogP contribution in [0.1, 0.15) is 20.3 Å². The maximum Gasteiger partial charge on any atom is 0.109 e. The van der Waals surface area contributed by atoms with E-state index in [-0.39, 0.29) is 17.9 Å². The van der Waals surface area contributed by atoms with Crippen molar-refractivity contribution in [3.05, 3.63) is 0 Å². The zero-order valence-corrected chi connectivity index (χ0v) is 9.91. The Bertz CT molecular complexity index is 96.4. The van der Waals surface area contributed by atoms with E-state index in [0.29, 0.717) is 10.9 Å². The van der Waals surface area contributed by atoms with Gasteiger partial charge in [0, 0.05) is 12.0 Å². The van der Waals surface area contributed by atoms with Crippen LogP contribution in [0.4, 0.5) is 0 Å². The number of nitrogens with one attached hydrogen (secondary N) is 1. The largest absolute Gasteiger partial charge is 1.00 e. The van der Waals surface area contributed by atoms with E-state index >= 15 is 0 Å². The fraction of sp³-hybridized carbons (Fsp3) is 1.00. The zero-order chi connectivity index (χ0) is 8.20. The van der Waals surface area contributed by atoms with Gasteiger partial charge in [0.25, 0.3) is 0 Å². The van der Waals surface area contributed by atoms with Crippen LogP contribution in [0.15, 0.2) is 0 Å². The molecule has 0 radical (unpaired) electrons. The first-order valence-electron chi connectivity index (χ1n) is 3.40. The highest BCUT2D eigenvalue weighted by molar-refractivity contribution is 7.95. The highest BCUT2D eigenvalue weighted by Crippen LogP contribution is 2.10. The lowest BCUT2D eigenvalue weighted by atomic mass is 10.0. The standard InChI is InChI=1S/C7H17ClNS.ClH/c1-7(2,9-8)5-6-10(3)4;/h9H,5-6H2,1-4H3;1H/q+1;/p-1. The van der Waals surface area contributed by atoms with E-state index in [2.05, 4.69) is 31.2 Å². The smallest absolute Gasteiger partial charge is 0.109 e. The van der Waals surface area contributed by atoms with Gasteiger partial charge in [-0.1, -0.05) is 0 Å². The first-order chi connectivity index (χ1) is 4.48. The van der Waals surface area contributed by atoms with Crippen LogP contribution in [0.2, 0.25) is 0 Å². The van der Waals surface area contributed by atoms with E-state index < -0.39 is 0 Å². The molecule has 0 aliphatic carbocycles. The average molecular weight is 218 g/mol. The summed E-state index contributed by atoms with van der Waals surface area (Å²) in [5.41, 5.74) is 0.0961. The average Bonchev–Trinajstić information content (AvgIpc) is 1.85. The van der Waals surface area contributed by atoms with Gasteiger partial charge in [0.15, 0.2) is 0 Å². The summed E-state index contributed by atoms with van der Waals surface area (Å²) in [5.74, 6) is 1.26. The fourth-order valence-electron chi connectivity index (χ4n) is 0.507. The molecule has 0 bridgehead atoms. The lowest BCUT2D eigenvalue weighted by Gasteiger charge is -2.20. The van der Waals surface area contributed by atoms with Gasteiger partial charge in [-0.25, -0.2) is 4.84 Å². The second-order valence-corrected chi connectivity index (χ2v) is 5.99. The summed E-state index contributed by atoms with van der Waals surface area (Å²) in [6.45, 7) is 4.24. The highest BCUT2D eigenvalue weighted by Gasteiger charge is 2.18. The number of hydrogen-bond acceptors (Lipinski definition) is 1. The molecule has 0 saturated heterocycles. The molecule has 0 aromatic carbocycles. The summed E-state index contributed by atoms with van der Waals surface area (Å²) in [4.78, 5) is 2.77. The summed E-state index contributed by atoms with van der Waals surface area (Å²) >= 11 is 5.53. The Morgan fingerprint density at radius 2 is 1.82 bits per heavy atom. The molecule has 0 rings (SSSR count). The zero-order valence-electron chi connectivity index (χ0n) is 7.58. The summed E-state index contributed by atoms with van der Waals surface area (Å²) in [6.07, 6.45) is 5.65. The Labute approximate surface area is 84.1 Å². The van der Waals surface area contributed by atoms with Gasteiger partial charge in [-0.3, -0.25) is 0 Å². The molecular formula is C7H17Cl2NS. The molecule has 1 N–H and O–H groups in total. The number of halogens is 2. The molecule has 0 fully saturated rings. The topological polar surface area (TPSA) is 12.0 Å². The highest BCUT2D eigenvalue weighted by atomic mass is 35.5. The maximum absolute atomic E-state index is 5.53. The molecule has 0 spiro atoms. The first kappa shape index (κ1) is 14.4. The molecule has 0 saturated carbocycles. The summed E-state index contributed by atoms with van der Waals surface area (Å²) in [7, 11) is 0.538. The summed E-state index contributed by atoms with van der Waals surface area (Å²) in [5, 5.41) is 0. The van der Waals surface area contributed by atoms with Crippen LogP contribution in [0.5, 0.6) is 0 Å². The SMILES string of the molecule is C[S+](C)CCC(C)(C)NCl.[Cl-]. The van der Waals surface area contributed by atoms with Crippen LogP contribution in [0.3, 0.4) is 0 Å². The van der Waals surface area contributed by atoms with Crippen molar-refractivity contribution >= 4 is 22.7 Å². The van der Waals surface area contributed by atoms with Gasteiger partial charge >= 0.3 is 0 Å². The van der Waals surface area contributed by atoms with Gasteiger partial charge < -0.3 is 12.4 Å². The van der Waals surface area contributed by atoms with Crippen LogP contribution in [0, 0.1) is 0 Å². The predicted octanol–water partition coefficient (Wildman–Crippen LogP) is -1.22. The monoisotopic (exact) mass is 217 g/mol. The third kappa shape index (κ3) is 8.80. The number of hydrogen-bond donors (Lipinski definition) is 1. The van der Waals surface area contributed by atoms with Gasteiger partial charge in [0.1, 0.15) is 5.75 Å². The van der Waals surface area contributed by atoms with Gasteiger partial charge in [-0.2, -0.15) is 0 Å². The minimum absolute atomic E-state index is 0. The first-order valence-corrected chi connectivity index (χ1v) is 5.99. The lowest BCUT2D eigenvalue weighted by Crippen LogP contribution is -3.00. The minimum Gasteiger partial charge on any atom is -1.00 e. The molecule has 0 heterocycles. The van der Waals surface area contributed by atoms with E-state index in [1.165, 1.54) is 5.75 Å². The number of rotatable bonds is 4. The molecule has 0 amide bonds. The van der Waals surface area contributed by atoms with E-state index in [9.17, 15) is 0 Å². The molecule has 70 valence electrons. The molecule has 0 aliphatic heterocycles. The Kier molecular flexibility index (Phi) is 8.40. The van der Waals surface area contributed by atoms with Crippen LogP contribution in [0.25, 0.3) is 0 Å². The van der Waals surface area contributed by atoms with E-state index in [1.807, 2.05) is 0 Å². The molecule has 0 aromatic heterocycles. The Hall–Kier alpha value is 0.890. The third-order valence-electron chi connectivity index (χ3n) is 1.39. The van der Waals surface area contributed by atoms with E-state index in [0.717, 1.165) is 6.42 Å². The molecule has 4 heteroatoms. The van der Waals surface area contributed by atoms with Crippen molar-refractivity contribution < 1.29 is 12.4 Å². The summed E-state index contributed by atoms with van der Waals surface area (Å²) < 4.78 is 0. The molecule has 0 unspecified atom stereocenters. The predicted molar refractivity (Wildman–Crippen MR) is 51.8 cm³/mol. The van der Waals surface area contributed by atoms with Crippen molar-refractivity contribution in [3.8, 4) is 0 Å². The van der Waals surface area contributed by atoms with Gasteiger partial charge in [-0.15, -0.1) is 0 Å². The quantitative estimate of drug-likeness (QED) is 0.461. The van der Waals surface area contributed by atoms with Crippen molar-refractivity contribution in [2.45, 2.75) is 25.8 Å². The van der Waals surface area contributed by atoms with Gasteiger partial charge in [0.05, 0.1) is 12.5 Å². The second-order valence-electron chi connectivity index (χ2n) is 3.42.